The zero-order valence-electron chi connectivity index (χ0n) is 19.1. The summed E-state index contributed by atoms with van der Waals surface area (Å²) in [6, 6.07) is 24.7. The van der Waals surface area contributed by atoms with Crippen molar-refractivity contribution in [1.29, 1.82) is 0 Å². The van der Waals surface area contributed by atoms with Crippen LogP contribution in [0.3, 0.4) is 0 Å². The largest absolute Gasteiger partial charge is 0.497 e. The van der Waals surface area contributed by atoms with E-state index >= 15 is 0 Å². The van der Waals surface area contributed by atoms with Crippen molar-refractivity contribution in [2.24, 2.45) is 0 Å². The molecule has 0 N–H and O–H groups in total. The molecule has 0 bridgehead atoms. The van der Waals surface area contributed by atoms with E-state index in [1.165, 1.54) is 18.4 Å². The van der Waals surface area contributed by atoms with Gasteiger partial charge in [0, 0.05) is 22.6 Å². The van der Waals surface area contributed by atoms with Gasteiger partial charge in [-0.15, -0.1) is 0 Å². The van der Waals surface area contributed by atoms with Crippen molar-refractivity contribution in [3.05, 3.63) is 99.5 Å². The summed E-state index contributed by atoms with van der Waals surface area (Å²) < 4.78 is 11.9. The van der Waals surface area contributed by atoms with Crippen LogP contribution < -0.4 is 4.74 Å². The molecule has 1 aliphatic rings. The van der Waals surface area contributed by atoms with Gasteiger partial charge in [-0.25, -0.2) is 0 Å². The van der Waals surface area contributed by atoms with Crippen molar-refractivity contribution < 1.29 is 9.47 Å². The predicted octanol–water partition coefficient (Wildman–Crippen LogP) is 7.21. The highest BCUT2D eigenvalue weighted by Crippen LogP contribution is 2.30. The molecule has 1 aliphatic heterocycles. The summed E-state index contributed by atoms with van der Waals surface area (Å²) in [5.74, 6) is 0.901. The smallest absolute Gasteiger partial charge is 0.118 e. The lowest BCUT2D eigenvalue weighted by molar-refractivity contribution is 0.0116. The number of methoxy groups -OCH3 is 1. The SMILES string of the molecule is COc1ccc(CCN2CCCCC2COC(c2ccc(Cl)cc2)c2ccc(Cl)cc2)cc1. The molecule has 0 radical (unpaired) electrons. The van der Waals surface area contributed by atoms with Gasteiger partial charge in [-0.05, 0) is 78.9 Å². The Morgan fingerprint density at radius 3 is 2.03 bits per heavy atom. The average molecular weight is 484 g/mol. The maximum atomic E-state index is 6.60. The summed E-state index contributed by atoms with van der Waals surface area (Å²) in [7, 11) is 1.70. The van der Waals surface area contributed by atoms with Crippen molar-refractivity contribution >= 4 is 23.2 Å². The van der Waals surface area contributed by atoms with Gasteiger partial charge in [-0.1, -0.05) is 66.0 Å². The van der Waals surface area contributed by atoms with Crippen LogP contribution in [-0.4, -0.2) is 37.7 Å². The average Bonchev–Trinajstić information content (AvgIpc) is 2.86. The lowest BCUT2D eigenvalue weighted by Gasteiger charge is -2.36. The van der Waals surface area contributed by atoms with Gasteiger partial charge in [0.25, 0.3) is 0 Å². The minimum absolute atomic E-state index is 0.148. The lowest BCUT2D eigenvalue weighted by atomic mass is 9.99. The Kier molecular flexibility index (Phi) is 8.69. The standard InChI is InChI=1S/C28H31Cl2NO2/c1-32-27-15-5-21(6-16-27)17-19-31-18-3-2-4-26(31)20-33-28(22-7-11-24(29)12-8-22)23-9-13-25(30)14-10-23/h5-16,26,28H,2-4,17-20H2,1H3. The highest BCUT2D eigenvalue weighted by molar-refractivity contribution is 6.30. The molecular formula is C28H31Cl2NO2. The number of rotatable bonds is 9. The topological polar surface area (TPSA) is 21.7 Å². The zero-order valence-corrected chi connectivity index (χ0v) is 20.6. The second kappa shape index (κ2) is 11.9. The monoisotopic (exact) mass is 483 g/mol. The van der Waals surface area contributed by atoms with Crippen LogP contribution in [0.15, 0.2) is 72.8 Å². The summed E-state index contributed by atoms with van der Waals surface area (Å²) in [6.07, 6.45) is 4.54. The van der Waals surface area contributed by atoms with Crippen molar-refractivity contribution in [3.8, 4) is 5.75 Å². The van der Waals surface area contributed by atoms with E-state index in [-0.39, 0.29) is 6.10 Å². The molecule has 33 heavy (non-hydrogen) atoms. The Morgan fingerprint density at radius 1 is 0.848 bits per heavy atom. The molecule has 1 heterocycles. The van der Waals surface area contributed by atoms with Crippen LogP contribution in [0.25, 0.3) is 0 Å². The third kappa shape index (κ3) is 6.74. The molecule has 0 aromatic heterocycles. The number of hydrogen-bond donors (Lipinski definition) is 0. The van der Waals surface area contributed by atoms with Crippen molar-refractivity contribution in [3.63, 3.8) is 0 Å². The Labute approximate surface area is 207 Å². The zero-order chi connectivity index (χ0) is 23.0. The van der Waals surface area contributed by atoms with Gasteiger partial charge in [-0.2, -0.15) is 0 Å². The molecule has 3 aromatic carbocycles. The van der Waals surface area contributed by atoms with Crippen LogP contribution in [-0.2, 0) is 11.2 Å². The maximum Gasteiger partial charge on any atom is 0.118 e. The van der Waals surface area contributed by atoms with Gasteiger partial charge in [0.05, 0.1) is 13.7 Å². The van der Waals surface area contributed by atoms with Gasteiger partial charge in [0.15, 0.2) is 0 Å². The number of benzene rings is 3. The van der Waals surface area contributed by atoms with Crippen LogP contribution in [0.2, 0.25) is 10.0 Å². The van der Waals surface area contributed by atoms with Crippen LogP contribution >= 0.6 is 23.2 Å². The molecule has 1 fully saturated rings. The first-order chi connectivity index (χ1) is 16.1. The molecule has 4 rings (SSSR count). The number of nitrogens with zero attached hydrogens (tertiary/aromatic N) is 1. The molecule has 0 amide bonds. The summed E-state index contributed by atoms with van der Waals surface area (Å²) in [6.45, 7) is 2.85. The Hall–Kier alpha value is -2.04. The Balaban J connectivity index is 1.43. The first-order valence-electron chi connectivity index (χ1n) is 11.6. The highest BCUT2D eigenvalue weighted by atomic mass is 35.5. The second-order valence-corrected chi connectivity index (χ2v) is 9.47. The number of likely N-dealkylation sites (tertiary alicyclic amines) is 1. The summed E-state index contributed by atoms with van der Waals surface area (Å²) in [5, 5.41) is 1.45. The van der Waals surface area contributed by atoms with Crippen LogP contribution in [0.4, 0.5) is 0 Å². The minimum atomic E-state index is -0.148. The number of piperidine rings is 1. The van der Waals surface area contributed by atoms with Crippen LogP contribution in [0, 0.1) is 0 Å². The normalized spacial score (nSPS) is 16.8. The Bertz CT molecular complexity index is 944. The fraction of sp³-hybridized carbons (Fsp3) is 0.357. The number of ether oxygens (including phenoxy) is 2. The quantitative estimate of drug-likeness (QED) is 0.321. The molecule has 1 unspecified atom stereocenters. The van der Waals surface area contributed by atoms with E-state index in [1.807, 2.05) is 60.7 Å². The summed E-state index contributed by atoms with van der Waals surface area (Å²) >= 11 is 12.3. The van der Waals surface area contributed by atoms with Gasteiger partial charge in [0.2, 0.25) is 0 Å². The second-order valence-electron chi connectivity index (χ2n) is 8.60. The third-order valence-corrected chi connectivity index (χ3v) is 6.90. The van der Waals surface area contributed by atoms with Gasteiger partial charge in [0.1, 0.15) is 11.9 Å². The van der Waals surface area contributed by atoms with Gasteiger partial charge < -0.3 is 9.47 Å². The minimum Gasteiger partial charge on any atom is -0.497 e. The van der Waals surface area contributed by atoms with Crippen LogP contribution in [0.1, 0.15) is 42.1 Å². The molecule has 174 valence electrons. The fourth-order valence-electron chi connectivity index (χ4n) is 4.48. The number of halogens is 2. The molecule has 5 heteroatoms. The van der Waals surface area contributed by atoms with Crippen LogP contribution in [0.5, 0.6) is 5.75 Å². The van der Waals surface area contributed by atoms with Gasteiger partial charge >= 0.3 is 0 Å². The molecule has 1 atom stereocenters. The van der Waals surface area contributed by atoms with E-state index in [0.29, 0.717) is 12.6 Å². The molecule has 1 saturated heterocycles. The van der Waals surface area contributed by atoms with Crippen molar-refractivity contribution in [2.45, 2.75) is 37.8 Å². The van der Waals surface area contributed by atoms with Gasteiger partial charge in [-0.3, -0.25) is 4.90 Å². The van der Waals surface area contributed by atoms with E-state index in [2.05, 4.69) is 17.0 Å². The lowest BCUT2D eigenvalue weighted by Crippen LogP contribution is -2.43. The van der Waals surface area contributed by atoms with E-state index in [9.17, 15) is 0 Å². The predicted molar refractivity (Wildman–Crippen MR) is 137 cm³/mol. The number of hydrogen-bond acceptors (Lipinski definition) is 3. The molecule has 0 aliphatic carbocycles. The molecule has 3 aromatic rings. The highest BCUT2D eigenvalue weighted by Gasteiger charge is 2.25. The third-order valence-electron chi connectivity index (χ3n) is 6.40. The first-order valence-corrected chi connectivity index (χ1v) is 12.4. The fourth-order valence-corrected chi connectivity index (χ4v) is 4.73. The Morgan fingerprint density at radius 2 is 1.45 bits per heavy atom. The van der Waals surface area contributed by atoms with E-state index in [4.69, 9.17) is 32.7 Å². The molecular weight excluding hydrogens is 453 g/mol. The molecule has 0 saturated carbocycles. The maximum absolute atomic E-state index is 6.60. The van der Waals surface area contributed by atoms with Crippen molar-refractivity contribution in [1.82, 2.24) is 4.90 Å². The van der Waals surface area contributed by atoms with E-state index < -0.39 is 0 Å². The summed E-state index contributed by atoms with van der Waals surface area (Å²) in [5.41, 5.74) is 3.53. The van der Waals surface area contributed by atoms with E-state index in [1.54, 1.807) is 7.11 Å². The summed E-state index contributed by atoms with van der Waals surface area (Å²) in [4.78, 5) is 2.59. The van der Waals surface area contributed by atoms with Crippen molar-refractivity contribution in [2.75, 3.05) is 26.8 Å². The first kappa shape index (κ1) is 24.1. The molecule has 3 nitrogen and oxygen atoms in total. The van der Waals surface area contributed by atoms with E-state index in [0.717, 1.165) is 52.9 Å². The molecule has 0 spiro atoms.